The third-order valence-electron chi connectivity index (χ3n) is 3.37. The van der Waals surface area contributed by atoms with Crippen LogP contribution in [0.2, 0.25) is 0 Å². The number of unbranched alkanes of at least 4 members (excludes halogenated alkanes) is 2. The predicted octanol–water partition coefficient (Wildman–Crippen LogP) is 3.20. The quantitative estimate of drug-likeness (QED) is 0.579. The van der Waals surface area contributed by atoms with Gasteiger partial charge in [0.1, 0.15) is 0 Å². The van der Waals surface area contributed by atoms with Gasteiger partial charge in [-0.3, -0.25) is 0 Å². The number of carbonyl (C=O) groups is 1. The van der Waals surface area contributed by atoms with Crippen molar-refractivity contribution in [3.8, 4) is 0 Å². The molecule has 106 valence electrons. The number of esters is 1. The Hall–Kier alpha value is -1.35. The first-order valence-electron chi connectivity index (χ1n) is 6.99. The van der Waals surface area contributed by atoms with E-state index in [1.165, 1.54) is 26.4 Å². The number of ether oxygens (including phenoxy) is 1. The molecule has 1 aromatic rings. The summed E-state index contributed by atoms with van der Waals surface area (Å²) < 4.78 is 4.66. The topological polar surface area (TPSA) is 46.5 Å². The van der Waals surface area contributed by atoms with Crippen LogP contribution in [0.4, 0.5) is 0 Å². The molecule has 0 aliphatic carbocycles. The first kappa shape index (κ1) is 15.7. The van der Waals surface area contributed by atoms with Crippen molar-refractivity contribution in [1.82, 2.24) is 0 Å². The summed E-state index contributed by atoms with van der Waals surface area (Å²) in [6.07, 6.45) is 5.51. The molecule has 1 unspecified atom stereocenters. The fourth-order valence-corrected chi connectivity index (χ4v) is 2.17. The van der Waals surface area contributed by atoms with Gasteiger partial charge < -0.3 is 9.84 Å². The van der Waals surface area contributed by atoms with Gasteiger partial charge in [-0.1, -0.05) is 38.3 Å². The number of rotatable bonds is 8. The average Bonchev–Trinajstić information content (AvgIpc) is 2.46. The molecule has 0 aromatic heterocycles. The van der Waals surface area contributed by atoms with Crippen LogP contribution in [0.3, 0.4) is 0 Å². The van der Waals surface area contributed by atoms with Gasteiger partial charge in [0, 0.05) is 6.61 Å². The van der Waals surface area contributed by atoms with Crippen molar-refractivity contribution in [2.45, 2.75) is 39.0 Å². The monoisotopic (exact) mass is 264 g/mol. The molecule has 1 atom stereocenters. The molecule has 3 nitrogen and oxygen atoms in total. The van der Waals surface area contributed by atoms with Crippen molar-refractivity contribution >= 4 is 5.97 Å². The third kappa shape index (κ3) is 5.43. The van der Waals surface area contributed by atoms with Crippen LogP contribution in [-0.2, 0) is 11.2 Å². The summed E-state index contributed by atoms with van der Waals surface area (Å²) in [7, 11) is 1.38. The first-order valence-corrected chi connectivity index (χ1v) is 6.99. The van der Waals surface area contributed by atoms with Crippen LogP contribution >= 0.6 is 0 Å². The maximum Gasteiger partial charge on any atom is 0.337 e. The maximum atomic E-state index is 11.3. The van der Waals surface area contributed by atoms with Gasteiger partial charge in [0.25, 0.3) is 0 Å². The minimum atomic E-state index is -0.312. The van der Waals surface area contributed by atoms with Crippen LogP contribution in [0, 0.1) is 5.92 Å². The Bertz CT molecular complexity index is 370. The zero-order chi connectivity index (χ0) is 14.1. The van der Waals surface area contributed by atoms with Gasteiger partial charge in [-0.2, -0.15) is 0 Å². The molecule has 0 saturated heterocycles. The molecule has 1 N–H and O–H groups in total. The highest BCUT2D eigenvalue weighted by atomic mass is 16.5. The standard InChI is InChI=1S/C16H24O3/c1-3-4-5-6-14(12-17)11-13-7-9-15(10-8-13)16(18)19-2/h7-10,14,17H,3-6,11-12H2,1-2H3. The summed E-state index contributed by atoms with van der Waals surface area (Å²) in [5.41, 5.74) is 1.72. The second-order valence-corrected chi connectivity index (χ2v) is 4.94. The maximum absolute atomic E-state index is 11.3. The zero-order valence-corrected chi connectivity index (χ0v) is 11.9. The van der Waals surface area contributed by atoms with Crippen LogP contribution in [0.15, 0.2) is 24.3 Å². The van der Waals surface area contributed by atoms with E-state index in [0.29, 0.717) is 11.5 Å². The third-order valence-corrected chi connectivity index (χ3v) is 3.37. The van der Waals surface area contributed by atoms with Crippen molar-refractivity contribution in [1.29, 1.82) is 0 Å². The SMILES string of the molecule is CCCCCC(CO)Cc1ccc(C(=O)OC)cc1. The van der Waals surface area contributed by atoms with Crippen LogP contribution in [0.1, 0.15) is 48.5 Å². The van der Waals surface area contributed by atoms with Crippen LogP contribution in [0.25, 0.3) is 0 Å². The Labute approximate surface area is 115 Å². The number of hydrogen-bond acceptors (Lipinski definition) is 3. The van der Waals surface area contributed by atoms with E-state index in [1.807, 2.05) is 12.1 Å². The normalized spacial score (nSPS) is 12.2. The Morgan fingerprint density at radius 2 is 1.95 bits per heavy atom. The van der Waals surface area contributed by atoms with Crippen LogP contribution in [-0.4, -0.2) is 24.8 Å². The number of hydrogen-bond donors (Lipinski definition) is 1. The smallest absolute Gasteiger partial charge is 0.337 e. The van der Waals surface area contributed by atoms with E-state index in [9.17, 15) is 9.90 Å². The Morgan fingerprint density at radius 1 is 1.26 bits per heavy atom. The summed E-state index contributed by atoms with van der Waals surface area (Å²) in [6.45, 7) is 2.40. The number of carbonyl (C=O) groups excluding carboxylic acids is 1. The van der Waals surface area contributed by atoms with E-state index in [4.69, 9.17) is 0 Å². The van der Waals surface area contributed by atoms with Gasteiger partial charge in [-0.15, -0.1) is 0 Å². The summed E-state index contributed by atoms with van der Waals surface area (Å²) in [4.78, 5) is 11.3. The fraction of sp³-hybridized carbons (Fsp3) is 0.562. The van der Waals surface area contributed by atoms with E-state index in [1.54, 1.807) is 12.1 Å². The number of aliphatic hydroxyl groups is 1. The highest BCUT2D eigenvalue weighted by molar-refractivity contribution is 5.89. The van der Waals surface area contributed by atoms with Gasteiger partial charge in [-0.25, -0.2) is 4.79 Å². The molecular weight excluding hydrogens is 240 g/mol. The van der Waals surface area contributed by atoms with Gasteiger partial charge in [0.15, 0.2) is 0 Å². The fourth-order valence-electron chi connectivity index (χ4n) is 2.17. The first-order chi connectivity index (χ1) is 9.21. The van der Waals surface area contributed by atoms with Gasteiger partial charge in [0.2, 0.25) is 0 Å². The molecule has 0 spiro atoms. The van der Waals surface area contributed by atoms with E-state index in [2.05, 4.69) is 11.7 Å². The molecule has 1 aromatic carbocycles. The summed E-state index contributed by atoms with van der Waals surface area (Å²) in [5.74, 6) is 0.00345. The Kier molecular flexibility index (Phi) is 7.19. The molecule has 19 heavy (non-hydrogen) atoms. The number of methoxy groups -OCH3 is 1. The van der Waals surface area contributed by atoms with Gasteiger partial charge in [0.05, 0.1) is 12.7 Å². The predicted molar refractivity (Wildman–Crippen MR) is 76.2 cm³/mol. The lowest BCUT2D eigenvalue weighted by atomic mass is 9.94. The molecular formula is C16H24O3. The van der Waals surface area contributed by atoms with Crippen molar-refractivity contribution < 1.29 is 14.6 Å². The number of benzene rings is 1. The summed E-state index contributed by atoms with van der Waals surface area (Å²) in [5, 5.41) is 9.39. The molecule has 0 heterocycles. The molecule has 3 heteroatoms. The molecule has 0 saturated carbocycles. The van der Waals surface area contributed by atoms with E-state index in [0.717, 1.165) is 18.4 Å². The van der Waals surface area contributed by atoms with Crippen molar-refractivity contribution in [3.63, 3.8) is 0 Å². The van der Waals surface area contributed by atoms with Gasteiger partial charge >= 0.3 is 5.97 Å². The van der Waals surface area contributed by atoms with E-state index >= 15 is 0 Å². The molecule has 0 aliphatic rings. The molecule has 0 aliphatic heterocycles. The highest BCUT2D eigenvalue weighted by Gasteiger charge is 2.10. The minimum Gasteiger partial charge on any atom is -0.465 e. The van der Waals surface area contributed by atoms with E-state index in [-0.39, 0.29) is 12.6 Å². The molecule has 0 bridgehead atoms. The largest absolute Gasteiger partial charge is 0.465 e. The van der Waals surface area contributed by atoms with Crippen molar-refractivity contribution in [2.24, 2.45) is 5.92 Å². The molecule has 0 radical (unpaired) electrons. The Balaban J connectivity index is 2.53. The lowest BCUT2D eigenvalue weighted by Crippen LogP contribution is -2.10. The highest BCUT2D eigenvalue weighted by Crippen LogP contribution is 2.16. The minimum absolute atomic E-state index is 0.225. The van der Waals surface area contributed by atoms with Crippen LogP contribution < -0.4 is 0 Å². The van der Waals surface area contributed by atoms with Crippen molar-refractivity contribution in [3.05, 3.63) is 35.4 Å². The summed E-state index contributed by atoms with van der Waals surface area (Å²) >= 11 is 0. The summed E-state index contributed by atoms with van der Waals surface area (Å²) in [6, 6.07) is 7.44. The zero-order valence-electron chi connectivity index (χ0n) is 11.9. The van der Waals surface area contributed by atoms with Gasteiger partial charge in [-0.05, 0) is 36.5 Å². The van der Waals surface area contributed by atoms with E-state index < -0.39 is 0 Å². The molecule has 0 fully saturated rings. The number of aliphatic hydroxyl groups excluding tert-OH is 1. The lowest BCUT2D eigenvalue weighted by Gasteiger charge is -2.14. The van der Waals surface area contributed by atoms with Crippen LogP contribution in [0.5, 0.6) is 0 Å². The second-order valence-electron chi connectivity index (χ2n) is 4.94. The second kappa shape index (κ2) is 8.70. The average molecular weight is 264 g/mol. The lowest BCUT2D eigenvalue weighted by molar-refractivity contribution is 0.0600. The molecule has 1 rings (SSSR count). The van der Waals surface area contributed by atoms with Crippen molar-refractivity contribution in [2.75, 3.05) is 13.7 Å². The molecule has 0 amide bonds. The Morgan fingerprint density at radius 3 is 2.47 bits per heavy atom.